The number of halogens is 1. The van der Waals surface area contributed by atoms with Crippen LogP contribution in [0.2, 0.25) is 5.28 Å². The predicted molar refractivity (Wildman–Crippen MR) is 71.0 cm³/mol. The molecule has 100 valence electrons. The smallest absolute Gasteiger partial charge is 0.228 e. The van der Waals surface area contributed by atoms with Gasteiger partial charge in [0.25, 0.3) is 0 Å². The van der Waals surface area contributed by atoms with Gasteiger partial charge in [0.15, 0.2) is 0 Å². The van der Waals surface area contributed by atoms with Gasteiger partial charge in [-0.1, -0.05) is 0 Å². The summed E-state index contributed by atoms with van der Waals surface area (Å²) in [5.41, 5.74) is 0. The van der Waals surface area contributed by atoms with E-state index in [1.807, 2.05) is 6.92 Å². The topological polar surface area (TPSA) is 72.0 Å². The normalized spacial score (nSPS) is 18.9. The third-order valence-electron chi connectivity index (χ3n) is 2.80. The molecule has 6 nitrogen and oxygen atoms in total. The highest BCUT2D eigenvalue weighted by molar-refractivity contribution is 6.28. The van der Waals surface area contributed by atoms with Crippen molar-refractivity contribution >= 4 is 23.5 Å². The van der Waals surface area contributed by atoms with Crippen LogP contribution in [0.1, 0.15) is 19.8 Å². The molecule has 0 spiro atoms. The first-order valence-electron chi connectivity index (χ1n) is 6.25. The van der Waals surface area contributed by atoms with E-state index in [9.17, 15) is 0 Å². The average Bonchev–Trinajstić information content (AvgIpc) is 2.82. The third-order valence-corrected chi connectivity index (χ3v) is 2.97. The maximum atomic E-state index is 5.83. The van der Waals surface area contributed by atoms with Crippen LogP contribution >= 0.6 is 11.6 Å². The standard InChI is InChI=1S/C11H18ClN5O/c1-2-13-10-15-9(12)16-11(17-10)14-5-3-8-4-6-18-7-8/h8H,2-7H2,1H3,(H2,13,14,15,16,17). The van der Waals surface area contributed by atoms with Crippen molar-refractivity contribution in [2.24, 2.45) is 5.92 Å². The van der Waals surface area contributed by atoms with Gasteiger partial charge in [0, 0.05) is 26.3 Å². The summed E-state index contributed by atoms with van der Waals surface area (Å²) in [6.45, 7) is 5.29. The number of hydrogen-bond acceptors (Lipinski definition) is 6. The molecule has 0 radical (unpaired) electrons. The summed E-state index contributed by atoms with van der Waals surface area (Å²) < 4.78 is 5.33. The lowest BCUT2D eigenvalue weighted by atomic mass is 10.1. The van der Waals surface area contributed by atoms with Gasteiger partial charge in [-0.05, 0) is 37.3 Å². The quantitative estimate of drug-likeness (QED) is 0.822. The lowest BCUT2D eigenvalue weighted by molar-refractivity contribution is 0.185. The first-order valence-corrected chi connectivity index (χ1v) is 6.62. The van der Waals surface area contributed by atoms with E-state index in [4.69, 9.17) is 16.3 Å². The molecule has 1 aliphatic rings. The molecule has 1 unspecified atom stereocenters. The van der Waals surface area contributed by atoms with Crippen molar-refractivity contribution in [2.75, 3.05) is 36.9 Å². The van der Waals surface area contributed by atoms with Crippen molar-refractivity contribution in [3.8, 4) is 0 Å². The molecule has 7 heteroatoms. The van der Waals surface area contributed by atoms with Crippen LogP contribution in [0.5, 0.6) is 0 Å². The highest BCUT2D eigenvalue weighted by Crippen LogP contribution is 2.16. The number of rotatable bonds is 6. The molecule has 1 fully saturated rings. The predicted octanol–water partition coefficient (Wildman–Crippen LogP) is 1.80. The molecule has 2 heterocycles. The summed E-state index contributed by atoms with van der Waals surface area (Å²) in [6, 6.07) is 0. The summed E-state index contributed by atoms with van der Waals surface area (Å²) in [4.78, 5) is 12.2. The van der Waals surface area contributed by atoms with Crippen LogP contribution in [0.25, 0.3) is 0 Å². The zero-order valence-corrected chi connectivity index (χ0v) is 11.2. The van der Waals surface area contributed by atoms with E-state index in [-0.39, 0.29) is 5.28 Å². The molecule has 0 amide bonds. The molecule has 2 rings (SSSR count). The first-order chi connectivity index (χ1) is 8.78. The van der Waals surface area contributed by atoms with Gasteiger partial charge in [-0.15, -0.1) is 0 Å². The van der Waals surface area contributed by atoms with Gasteiger partial charge in [-0.3, -0.25) is 0 Å². The maximum Gasteiger partial charge on any atom is 0.228 e. The highest BCUT2D eigenvalue weighted by atomic mass is 35.5. The van der Waals surface area contributed by atoms with Crippen molar-refractivity contribution in [3.05, 3.63) is 5.28 Å². The number of hydrogen-bond donors (Lipinski definition) is 2. The highest BCUT2D eigenvalue weighted by Gasteiger charge is 2.15. The SMILES string of the molecule is CCNc1nc(Cl)nc(NCCC2CCOC2)n1. The second-order valence-corrected chi connectivity index (χ2v) is 4.57. The Morgan fingerprint density at radius 3 is 2.72 bits per heavy atom. The van der Waals surface area contributed by atoms with E-state index in [1.54, 1.807) is 0 Å². The first kappa shape index (κ1) is 13.3. The second-order valence-electron chi connectivity index (χ2n) is 4.23. The third kappa shape index (κ3) is 3.96. The van der Waals surface area contributed by atoms with Crippen LogP contribution in [0.15, 0.2) is 0 Å². The van der Waals surface area contributed by atoms with Crippen molar-refractivity contribution in [2.45, 2.75) is 19.8 Å². The molecule has 0 bridgehead atoms. The van der Waals surface area contributed by atoms with E-state index in [2.05, 4.69) is 25.6 Å². The molecular weight excluding hydrogens is 254 g/mol. The van der Waals surface area contributed by atoms with Gasteiger partial charge in [0.1, 0.15) is 0 Å². The zero-order chi connectivity index (χ0) is 12.8. The summed E-state index contributed by atoms with van der Waals surface area (Å²) in [5.74, 6) is 1.66. The summed E-state index contributed by atoms with van der Waals surface area (Å²) in [6.07, 6.45) is 2.20. The number of nitrogens with zero attached hydrogens (tertiary/aromatic N) is 3. The Hall–Kier alpha value is -1.14. The molecule has 0 saturated carbocycles. The molecule has 1 aromatic heterocycles. The van der Waals surface area contributed by atoms with Crippen molar-refractivity contribution in [1.82, 2.24) is 15.0 Å². The monoisotopic (exact) mass is 271 g/mol. The Kier molecular flexibility index (Phi) is 4.95. The van der Waals surface area contributed by atoms with Crippen LogP contribution in [0, 0.1) is 5.92 Å². The molecule has 0 aromatic carbocycles. The number of aromatic nitrogens is 3. The molecule has 1 saturated heterocycles. The molecule has 18 heavy (non-hydrogen) atoms. The minimum absolute atomic E-state index is 0.202. The van der Waals surface area contributed by atoms with E-state index < -0.39 is 0 Å². The number of nitrogens with one attached hydrogen (secondary N) is 2. The fourth-order valence-corrected chi connectivity index (χ4v) is 2.03. The second kappa shape index (κ2) is 6.70. The van der Waals surface area contributed by atoms with Gasteiger partial charge in [-0.25, -0.2) is 0 Å². The van der Waals surface area contributed by atoms with Crippen LogP contribution < -0.4 is 10.6 Å². The van der Waals surface area contributed by atoms with E-state index >= 15 is 0 Å². The molecule has 1 aromatic rings. The Balaban J connectivity index is 1.83. The summed E-state index contributed by atoms with van der Waals surface area (Å²) in [7, 11) is 0. The minimum Gasteiger partial charge on any atom is -0.381 e. The number of anilines is 2. The van der Waals surface area contributed by atoms with Crippen LogP contribution in [0.3, 0.4) is 0 Å². The Bertz CT molecular complexity index is 384. The van der Waals surface area contributed by atoms with Gasteiger partial charge in [-0.2, -0.15) is 15.0 Å². The van der Waals surface area contributed by atoms with Crippen LogP contribution in [0.4, 0.5) is 11.9 Å². The lowest BCUT2D eigenvalue weighted by Crippen LogP contribution is -2.12. The lowest BCUT2D eigenvalue weighted by Gasteiger charge is -2.09. The molecule has 2 N–H and O–H groups in total. The molecule has 1 atom stereocenters. The Morgan fingerprint density at radius 2 is 2.06 bits per heavy atom. The molecular formula is C11H18ClN5O. The largest absolute Gasteiger partial charge is 0.381 e. The van der Waals surface area contributed by atoms with Gasteiger partial charge in [0.2, 0.25) is 17.2 Å². The summed E-state index contributed by atoms with van der Waals surface area (Å²) >= 11 is 5.83. The summed E-state index contributed by atoms with van der Waals surface area (Å²) in [5, 5.41) is 6.38. The maximum absolute atomic E-state index is 5.83. The molecule has 0 aliphatic carbocycles. The van der Waals surface area contributed by atoms with Crippen molar-refractivity contribution < 1.29 is 4.74 Å². The van der Waals surface area contributed by atoms with Crippen LogP contribution in [-0.2, 0) is 4.74 Å². The Labute approximate surface area is 112 Å². The van der Waals surface area contributed by atoms with Gasteiger partial charge >= 0.3 is 0 Å². The molecule has 1 aliphatic heterocycles. The average molecular weight is 272 g/mol. The number of ether oxygens (including phenoxy) is 1. The van der Waals surface area contributed by atoms with Crippen molar-refractivity contribution in [3.63, 3.8) is 0 Å². The Morgan fingerprint density at radius 1 is 1.28 bits per heavy atom. The van der Waals surface area contributed by atoms with E-state index in [0.717, 1.165) is 39.1 Å². The van der Waals surface area contributed by atoms with Gasteiger partial charge in [0.05, 0.1) is 0 Å². The minimum atomic E-state index is 0.202. The van der Waals surface area contributed by atoms with Gasteiger partial charge < -0.3 is 15.4 Å². The van der Waals surface area contributed by atoms with Crippen LogP contribution in [-0.4, -0.2) is 41.3 Å². The fourth-order valence-electron chi connectivity index (χ4n) is 1.87. The van der Waals surface area contributed by atoms with Crippen molar-refractivity contribution in [1.29, 1.82) is 0 Å². The van der Waals surface area contributed by atoms with E-state index in [1.165, 1.54) is 0 Å². The zero-order valence-electron chi connectivity index (χ0n) is 10.4. The fraction of sp³-hybridized carbons (Fsp3) is 0.727. The van der Waals surface area contributed by atoms with E-state index in [0.29, 0.717) is 17.8 Å².